The number of ether oxygens (including phenoxy) is 1. The SMILES string of the molecule is CC(C)[C@@H](NC(=O)Nc1ccccc1)C(=O)O[C@@H](C)C(=O)Nc1ccc2c(c1)CCC2. The molecule has 0 saturated heterocycles. The van der Waals surface area contributed by atoms with Gasteiger partial charge in [0.05, 0.1) is 0 Å². The quantitative estimate of drug-likeness (QED) is 0.589. The van der Waals surface area contributed by atoms with Crippen molar-refractivity contribution in [3.63, 3.8) is 0 Å². The maximum absolute atomic E-state index is 12.6. The van der Waals surface area contributed by atoms with Gasteiger partial charge in [0.1, 0.15) is 6.04 Å². The van der Waals surface area contributed by atoms with Gasteiger partial charge in [0.15, 0.2) is 6.10 Å². The minimum atomic E-state index is -0.999. The molecule has 1 aliphatic rings. The van der Waals surface area contributed by atoms with Gasteiger partial charge >= 0.3 is 12.0 Å². The van der Waals surface area contributed by atoms with E-state index in [2.05, 4.69) is 16.0 Å². The zero-order valence-electron chi connectivity index (χ0n) is 18.1. The molecule has 0 spiro atoms. The highest BCUT2D eigenvalue weighted by molar-refractivity contribution is 5.96. The Morgan fingerprint density at radius 1 is 0.871 bits per heavy atom. The van der Waals surface area contributed by atoms with Crippen molar-refractivity contribution in [2.45, 2.75) is 52.2 Å². The van der Waals surface area contributed by atoms with Crippen LogP contribution in [0.4, 0.5) is 16.2 Å². The zero-order valence-corrected chi connectivity index (χ0v) is 18.1. The number of rotatable bonds is 7. The van der Waals surface area contributed by atoms with Crippen LogP contribution < -0.4 is 16.0 Å². The smallest absolute Gasteiger partial charge is 0.329 e. The van der Waals surface area contributed by atoms with Gasteiger partial charge < -0.3 is 20.7 Å². The zero-order chi connectivity index (χ0) is 22.4. The average Bonchev–Trinajstić information content (AvgIpc) is 3.20. The Balaban J connectivity index is 1.55. The summed E-state index contributed by atoms with van der Waals surface area (Å²) in [6.07, 6.45) is 2.21. The second-order valence-electron chi connectivity index (χ2n) is 8.09. The topological polar surface area (TPSA) is 96.5 Å². The summed E-state index contributed by atoms with van der Waals surface area (Å²) in [5.41, 5.74) is 3.86. The summed E-state index contributed by atoms with van der Waals surface area (Å²) in [7, 11) is 0. The van der Waals surface area contributed by atoms with E-state index in [1.807, 2.05) is 24.3 Å². The summed E-state index contributed by atoms with van der Waals surface area (Å²) in [4.78, 5) is 37.4. The summed E-state index contributed by atoms with van der Waals surface area (Å²) in [6, 6.07) is 13.4. The van der Waals surface area contributed by atoms with Crippen LogP contribution in [0.15, 0.2) is 48.5 Å². The number of anilines is 2. The highest BCUT2D eigenvalue weighted by Gasteiger charge is 2.29. The van der Waals surface area contributed by atoms with Crippen LogP contribution in [0.2, 0.25) is 0 Å². The van der Waals surface area contributed by atoms with Crippen LogP contribution in [-0.2, 0) is 27.2 Å². The van der Waals surface area contributed by atoms with Crippen LogP contribution in [0.1, 0.15) is 38.3 Å². The van der Waals surface area contributed by atoms with Gasteiger partial charge in [-0.2, -0.15) is 0 Å². The Morgan fingerprint density at radius 3 is 2.29 bits per heavy atom. The van der Waals surface area contributed by atoms with Crippen molar-refractivity contribution < 1.29 is 19.1 Å². The Bertz CT molecular complexity index is 943. The number of hydrogen-bond acceptors (Lipinski definition) is 4. The number of benzene rings is 2. The van der Waals surface area contributed by atoms with E-state index in [9.17, 15) is 14.4 Å². The van der Waals surface area contributed by atoms with E-state index >= 15 is 0 Å². The second-order valence-corrected chi connectivity index (χ2v) is 8.09. The van der Waals surface area contributed by atoms with Crippen molar-refractivity contribution in [2.24, 2.45) is 5.92 Å². The van der Waals surface area contributed by atoms with Crippen LogP contribution in [-0.4, -0.2) is 30.1 Å². The molecule has 0 aromatic heterocycles. The molecule has 164 valence electrons. The molecule has 0 bridgehead atoms. The summed E-state index contributed by atoms with van der Waals surface area (Å²) in [6.45, 7) is 5.11. The van der Waals surface area contributed by atoms with Crippen LogP contribution in [0.3, 0.4) is 0 Å². The number of urea groups is 1. The third-order valence-corrected chi connectivity index (χ3v) is 5.27. The monoisotopic (exact) mass is 423 g/mol. The van der Waals surface area contributed by atoms with Gasteiger partial charge in [0, 0.05) is 11.4 Å². The number of carbonyl (C=O) groups is 3. The molecule has 3 amide bonds. The van der Waals surface area contributed by atoms with Crippen LogP contribution in [0.5, 0.6) is 0 Å². The van der Waals surface area contributed by atoms with Crippen molar-refractivity contribution in [3.05, 3.63) is 59.7 Å². The van der Waals surface area contributed by atoms with Gasteiger partial charge in [0.2, 0.25) is 0 Å². The van der Waals surface area contributed by atoms with Gasteiger partial charge in [-0.25, -0.2) is 9.59 Å². The highest BCUT2D eigenvalue weighted by atomic mass is 16.5. The predicted octanol–water partition coefficient (Wildman–Crippen LogP) is 3.89. The number of amides is 3. The van der Waals surface area contributed by atoms with E-state index in [1.54, 1.807) is 38.1 Å². The Hall–Kier alpha value is -3.35. The summed E-state index contributed by atoms with van der Waals surface area (Å²) >= 11 is 0. The van der Waals surface area contributed by atoms with E-state index in [1.165, 1.54) is 18.1 Å². The Morgan fingerprint density at radius 2 is 1.58 bits per heavy atom. The predicted molar refractivity (Wildman–Crippen MR) is 120 cm³/mol. The molecule has 0 heterocycles. The van der Waals surface area contributed by atoms with E-state index in [0.29, 0.717) is 11.4 Å². The van der Waals surface area contributed by atoms with Crippen molar-refractivity contribution in [1.29, 1.82) is 0 Å². The largest absolute Gasteiger partial charge is 0.451 e. The van der Waals surface area contributed by atoms with Gasteiger partial charge in [-0.3, -0.25) is 4.79 Å². The summed E-state index contributed by atoms with van der Waals surface area (Å²) in [5, 5.41) is 8.11. The lowest BCUT2D eigenvalue weighted by atomic mass is 10.0. The average molecular weight is 424 g/mol. The molecule has 7 heteroatoms. The molecule has 3 rings (SSSR count). The van der Waals surface area contributed by atoms with E-state index in [-0.39, 0.29) is 5.92 Å². The molecule has 0 fully saturated rings. The first-order valence-corrected chi connectivity index (χ1v) is 10.6. The third kappa shape index (κ3) is 6.07. The van der Waals surface area contributed by atoms with Crippen LogP contribution in [0, 0.1) is 5.92 Å². The standard InChI is InChI=1S/C24H29N3O4/c1-15(2)21(27-24(30)26-19-10-5-4-6-11-19)23(29)31-16(3)22(28)25-20-13-12-17-8-7-9-18(17)14-20/h4-6,10-16,21H,7-9H2,1-3H3,(H,25,28)(H2,26,27,30)/t16-,21+/m0/s1. The fraction of sp³-hybridized carbons (Fsp3) is 0.375. The Kier molecular flexibility index (Phi) is 7.28. The molecule has 0 aliphatic heterocycles. The first-order chi connectivity index (χ1) is 14.8. The minimum Gasteiger partial charge on any atom is -0.451 e. The van der Waals surface area contributed by atoms with E-state index in [0.717, 1.165) is 19.3 Å². The number of esters is 1. The molecule has 7 nitrogen and oxygen atoms in total. The molecule has 2 aromatic carbocycles. The molecule has 3 N–H and O–H groups in total. The first-order valence-electron chi connectivity index (χ1n) is 10.6. The van der Waals surface area contributed by atoms with E-state index in [4.69, 9.17) is 4.74 Å². The highest BCUT2D eigenvalue weighted by Crippen LogP contribution is 2.25. The molecular weight excluding hydrogens is 394 g/mol. The third-order valence-electron chi connectivity index (χ3n) is 5.27. The number of para-hydroxylation sites is 1. The summed E-state index contributed by atoms with van der Waals surface area (Å²) < 4.78 is 5.36. The molecule has 0 radical (unpaired) electrons. The lowest BCUT2D eigenvalue weighted by Gasteiger charge is -2.23. The van der Waals surface area contributed by atoms with Gasteiger partial charge in [-0.05, 0) is 67.5 Å². The minimum absolute atomic E-state index is 0.221. The van der Waals surface area contributed by atoms with Gasteiger partial charge in [0.25, 0.3) is 5.91 Å². The maximum atomic E-state index is 12.6. The molecule has 2 aromatic rings. The number of aryl methyl sites for hydroxylation is 2. The van der Waals surface area contributed by atoms with Crippen molar-refractivity contribution in [3.8, 4) is 0 Å². The van der Waals surface area contributed by atoms with Gasteiger partial charge in [-0.1, -0.05) is 38.1 Å². The number of carbonyl (C=O) groups excluding carboxylic acids is 3. The fourth-order valence-corrected chi connectivity index (χ4v) is 3.52. The second kappa shape index (κ2) is 10.1. The number of hydrogen-bond donors (Lipinski definition) is 3. The molecule has 0 unspecified atom stereocenters. The molecule has 31 heavy (non-hydrogen) atoms. The normalized spacial score (nSPS) is 14.3. The molecule has 1 aliphatic carbocycles. The first kappa shape index (κ1) is 22.3. The maximum Gasteiger partial charge on any atom is 0.329 e. The lowest BCUT2D eigenvalue weighted by Crippen LogP contribution is -2.48. The molecule has 0 saturated carbocycles. The Labute approximate surface area is 182 Å². The van der Waals surface area contributed by atoms with Crippen molar-refractivity contribution >= 4 is 29.3 Å². The van der Waals surface area contributed by atoms with Crippen molar-refractivity contribution in [1.82, 2.24) is 5.32 Å². The molecule has 2 atom stereocenters. The van der Waals surface area contributed by atoms with Gasteiger partial charge in [-0.15, -0.1) is 0 Å². The number of fused-ring (bicyclic) bond motifs is 1. The van der Waals surface area contributed by atoms with E-state index < -0.39 is 30.1 Å². The lowest BCUT2D eigenvalue weighted by molar-refractivity contribution is -0.156. The number of nitrogens with one attached hydrogen (secondary N) is 3. The van der Waals surface area contributed by atoms with Crippen molar-refractivity contribution in [2.75, 3.05) is 10.6 Å². The van der Waals surface area contributed by atoms with Crippen LogP contribution >= 0.6 is 0 Å². The molecular formula is C24H29N3O4. The summed E-state index contributed by atoms with van der Waals surface area (Å²) in [5.74, 6) is -1.29. The fourth-order valence-electron chi connectivity index (χ4n) is 3.52. The van der Waals surface area contributed by atoms with Crippen LogP contribution in [0.25, 0.3) is 0 Å².